The summed E-state index contributed by atoms with van der Waals surface area (Å²) >= 11 is 11.9. The van der Waals surface area contributed by atoms with Crippen LogP contribution in [0.25, 0.3) is 0 Å². The number of aromatic nitrogens is 2. The number of amides is 1. The van der Waals surface area contributed by atoms with E-state index in [4.69, 9.17) is 32.7 Å². The third-order valence-corrected chi connectivity index (χ3v) is 4.15. The van der Waals surface area contributed by atoms with E-state index in [2.05, 4.69) is 9.98 Å². The van der Waals surface area contributed by atoms with Crippen LogP contribution >= 0.6 is 23.2 Å². The Bertz CT molecular complexity index is 852. The fourth-order valence-electron chi connectivity index (χ4n) is 2.07. The monoisotopic (exact) mass is 383 g/mol. The molecular formula is C16H15Cl2N3O4. The van der Waals surface area contributed by atoms with E-state index in [1.165, 1.54) is 31.8 Å². The van der Waals surface area contributed by atoms with Crippen LogP contribution in [-0.2, 0) is 0 Å². The Hall–Kier alpha value is -2.25. The number of hydrogen-bond acceptors (Lipinski definition) is 5. The summed E-state index contributed by atoms with van der Waals surface area (Å²) in [5.41, 5.74) is 0.0689. The zero-order valence-corrected chi connectivity index (χ0v) is 14.8. The highest BCUT2D eigenvalue weighted by Gasteiger charge is 2.23. The molecule has 0 atom stereocenters. The molecule has 1 aliphatic rings. The van der Waals surface area contributed by atoms with Crippen molar-refractivity contribution < 1.29 is 19.5 Å². The van der Waals surface area contributed by atoms with E-state index in [-0.39, 0.29) is 21.1 Å². The zero-order valence-electron chi connectivity index (χ0n) is 13.3. The minimum Gasteiger partial charge on any atom is -0.491 e. The van der Waals surface area contributed by atoms with Crippen molar-refractivity contribution in [3.05, 3.63) is 45.8 Å². The maximum atomic E-state index is 12.4. The van der Waals surface area contributed by atoms with Gasteiger partial charge in [0.2, 0.25) is 0 Å². The van der Waals surface area contributed by atoms with E-state index in [9.17, 15) is 10.0 Å². The van der Waals surface area contributed by atoms with Gasteiger partial charge in [-0.3, -0.25) is 4.79 Å². The van der Waals surface area contributed by atoms with Gasteiger partial charge >= 0.3 is 0 Å². The number of pyridine rings is 2. The second kappa shape index (κ2) is 7.33. The molecule has 0 spiro atoms. The summed E-state index contributed by atoms with van der Waals surface area (Å²) in [5.74, 6) is 0.780. The molecule has 7 nitrogen and oxygen atoms in total. The van der Waals surface area contributed by atoms with Crippen molar-refractivity contribution in [1.29, 1.82) is 0 Å². The van der Waals surface area contributed by atoms with Crippen LogP contribution < -0.4 is 14.8 Å². The Morgan fingerprint density at radius 3 is 2.64 bits per heavy atom. The van der Waals surface area contributed by atoms with Gasteiger partial charge < -0.3 is 14.7 Å². The SMILES string of the molecule is COc1cnc(C(=O)N=c2c(Cl)cn(O)cc2Cl)cc1OCC1CC1. The fourth-order valence-corrected chi connectivity index (χ4v) is 2.61. The van der Waals surface area contributed by atoms with Crippen LogP contribution in [0.15, 0.2) is 29.6 Å². The summed E-state index contributed by atoms with van der Waals surface area (Å²) in [6.07, 6.45) is 6.03. The molecule has 1 N–H and O–H groups in total. The van der Waals surface area contributed by atoms with E-state index >= 15 is 0 Å². The van der Waals surface area contributed by atoms with Crippen LogP contribution in [-0.4, -0.2) is 34.5 Å². The lowest BCUT2D eigenvalue weighted by Gasteiger charge is -2.10. The lowest BCUT2D eigenvalue weighted by Crippen LogP contribution is -2.13. The quantitative estimate of drug-likeness (QED) is 0.802. The molecule has 2 aromatic rings. The van der Waals surface area contributed by atoms with Gasteiger partial charge in [0, 0.05) is 6.07 Å². The maximum absolute atomic E-state index is 12.4. The summed E-state index contributed by atoms with van der Waals surface area (Å²) in [5, 5.41) is 9.46. The normalized spacial score (nSPS) is 13.4. The standard InChI is InChI=1S/C16H15Cl2N3O4/c1-24-14-5-19-12(4-13(14)25-8-9-2-3-9)16(22)20-15-10(17)6-21(23)7-11(15)18/h4-7,9,23H,2-3,8H2,1H3. The third-order valence-electron chi connectivity index (χ3n) is 3.60. The summed E-state index contributed by atoms with van der Waals surface area (Å²) in [6.45, 7) is 0.567. The highest BCUT2D eigenvalue weighted by Crippen LogP contribution is 2.32. The van der Waals surface area contributed by atoms with Crippen LogP contribution in [0.5, 0.6) is 11.5 Å². The minimum absolute atomic E-state index is 0.0297. The van der Waals surface area contributed by atoms with E-state index in [0.29, 0.717) is 28.8 Å². The summed E-state index contributed by atoms with van der Waals surface area (Å²) < 4.78 is 11.6. The molecule has 0 aliphatic heterocycles. The van der Waals surface area contributed by atoms with Gasteiger partial charge in [-0.15, -0.1) is 0 Å². The highest BCUT2D eigenvalue weighted by molar-refractivity contribution is 6.34. The molecule has 3 rings (SSSR count). The topological polar surface area (TPSA) is 85.9 Å². The molecule has 1 saturated carbocycles. The van der Waals surface area contributed by atoms with Gasteiger partial charge in [0.05, 0.1) is 42.4 Å². The van der Waals surface area contributed by atoms with Crippen LogP contribution in [0.2, 0.25) is 10.0 Å². The smallest absolute Gasteiger partial charge is 0.296 e. The molecule has 1 amide bonds. The predicted octanol–water partition coefficient (Wildman–Crippen LogP) is 2.97. The largest absolute Gasteiger partial charge is 0.491 e. The first-order valence-corrected chi connectivity index (χ1v) is 8.26. The van der Waals surface area contributed by atoms with Gasteiger partial charge in [-0.2, -0.15) is 4.73 Å². The Morgan fingerprint density at radius 1 is 1.36 bits per heavy atom. The Kier molecular flexibility index (Phi) is 5.15. The predicted molar refractivity (Wildman–Crippen MR) is 90.5 cm³/mol. The molecule has 0 bridgehead atoms. The first kappa shape index (κ1) is 17.6. The van der Waals surface area contributed by atoms with Crippen molar-refractivity contribution >= 4 is 29.1 Å². The van der Waals surface area contributed by atoms with Gasteiger partial charge in [-0.05, 0) is 18.8 Å². The number of methoxy groups -OCH3 is 1. The zero-order chi connectivity index (χ0) is 18.0. The molecule has 0 radical (unpaired) electrons. The van der Waals surface area contributed by atoms with Crippen molar-refractivity contribution in [3.63, 3.8) is 0 Å². The molecule has 1 fully saturated rings. The Morgan fingerprint density at radius 2 is 2.04 bits per heavy atom. The van der Waals surface area contributed by atoms with Crippen LogP contribution in [0.4, 0.5) is 0 Å². The Labute approximate surface area is 153 Å². The third kappa shape index (κ3) is 4.24. The van der Waals surface area contributed by atoms with Crippen LogP contribution in [0, 0.1) is 5.92 Å². The van der Waals surface area contributed by atoms with Crippen LogP contribution in [0.1, 0.15) is 23.3 Å². The molecule has 9 heteroatoms. The number of nitrogens with zero attached hydrogens (tertiary/aromatic N) is 3. The molecule has 0 aromatic carbocycles. The molecule has 1 aliphatic carbocycles. The number of rotatable bonds is 5. The molecule has 2 heterocycles. The lowest BCUT2D eigenvalue weighted by molar-refractivity contribution is 0.0992. The van der Waals surface area contributed by atoms with Gasteiger partial charge in [0.1, 0.15) is 11.1 Å². The van der Waals surface area contributed by atoms with E-state index in [0.717, 1.165) is 12.8 Å². The average molecular weight is 384 g/mol. The average Bonchev–Trinajstić information content (AvgIpc) is 3.40. The van der Waals surface area contributed by atoms with Crippen molar-refractivity contribution in [2.24, 2.45) is 10.9 Å². The molecule has 0 unspecified atom stereocenters. The molecular weight excluding hydrogens is 369 g/mol. The number of carbonyl (C=O) groups is 1. The second-order valence-corrected chi connectivity index (χ2v) is 6.39. The fraction of sp³-hybridized carbons (Fsp3) is 0.312. The second-order valence-electron chi connectivity index (χ2n) is 5.57. The summed E-state index contributed by atoms with van der Waals surface area (Å²) in [6, 6.07) is 1.48. The number of halogens is 2. The summed E-state index contributed by atoms with van der Waals surface area (Å²) in [7, 11) is 1.50. The lowest BCUT2D eigenvalue weighted by atomic mass is 10.3. The van der Waals surface area contributed by atoms with Crippen molar-refractivity contribution in [2.45, 2.75) is 12.8 Å². The molecule has 25 heavy (non-hydrogen) atoms. The first-order valence-electron chi connectivity index (χ1n) is 7.50. The van der Waals surface area contributed by atoms with Crippen LogP contribution in [0.3, 0.4) is 0 Å². The first-order chi connectivity index (χ1) is 12.0. The number of hydrogen-bond donors (Lipinski definition) is 1. The minimum atomic E-state index is -0.640. The molecule has 132 valence electrons. The van der Waals surface area contributed by atoms with E-state index < -0.39 is 5.91 Å². The van der Waals surface area contributed by atoms with Crippen molar-refractivity contribution in [1.82, 2.24) is 9.71 Å². The summed E-state index contributed by atoms with van der Waals surface area (Å²) in [4.78, 5) is 20.3. The van der Waals surface area contributed by atoms with E-state index in [1.807, 2.05) is 0 Å². The van der Waals surface area contributed by atoms with Gasteiger partial charge in [-0.25, -0.2) is 9.98 Å². The molecule has 0 saturated heterocycles. The number of carbonyl (C=O) groups excluding carboxylic acids is 1. The van der Waals surface area contributed by atoms with Gasteiger partial charge in [-0.1, -0.05) is 23.2 Å². The number of ether oxygens (including phenoxy) is 2. The molecule has 2 aromatic heterocycles. The highest BCUT2D eigenvalue weighted by atomic mass is 35.5. The maximum Gasteiger partial charge on any atom is 0.296 e. The Balaban J connectivity index is 1.91. The van der Waals surface area contributed by atoms with Gasteiger partial charge in [0.15, 0.2) is 11.5 Å². The van der Waals surface area contributed by atoms with Crippen molar-refractivity contribution in [3.8, 4) is 11.5 Å². The van der Waals surface area contributed by atoms with Crippen molar-refractivity contribution in [2.75, 3.05) is 13.7 Å². The van der Waals surface area contributed by atoms with E-state index in [1.54, 1.807) is 0 Å². The van der Waals surface area contributed by atoms with Gasteiger partial charge in [0.25, 0.3) is 5.91 Å².